The Morgan fingerprint density at radius 1 is 1.15 bits per heavy atom. The summed E-state index contributed by atoms with van der Waals surface area (Å²) in [5.41, 5.74) is 1.72. The minimum Gasteiger partial charge on any atom is -0.341 e. The lowest BCUT2D eigenvalue weighted by molar-refractivity contribution is 0.0687. The Morgan fingerprint density at radius 3 is 2.69 bits per heavy atom. The smallest absolute Gasteiger partial charge is 0.320 e. The van der Waals surface area contributed by atoms with Crippen LogP contribution in [0.25, 0.3) is 21.9 Å². The number of carbonyl (C=O) groups excluding carboxylic acids is 1. The largest absolute Gasteiger partial charge is 0.341 e. The molecule has 4 aromatic rings. The summed E-state index contributed by atoms with van der Waals surface area (Å²) in [4.78, 5) is 16.9. The van der Waals surface area contributed by atoms with Gasteiger partial charge in [-0.3, -0.25) is 14.5 Å². The lowest BCUT2D eigenvalue weighted by Gasteiger charge is -2.15. The number of H-pyrrole nitrogens is 1. The van der Waals surface area contributed by atoms with Crippen molar-refractivity contribution in [3.63, 3.8) is 0 Å². The lowest BCUT2D eigenvalue weighted by atomic mass is 10.2. The fourth-order valence-electron chi connectivity index (χ4n) is 3.04. The van der Waals surface area contributed by atoms with Crippen LogP contribution in [0.2, 0.25) is 0 Å². The SMILES string of the molecule is C[C@@H](NC(=O)c1n[nH]c2ccccc12)c1nc2ccccc2n1C(F)F. The topological polar surface area (TPSA) is 75.6 Å². The van der Waals surface area contributed by atoms with Crippen molar-refractivity contribution in [2.45, 2.75) is 19.5 Å². The van der Waals surface area contributed by atoms with Crippen LogP contribution in [0.5, 0.6) is 0 Å². The number of para-hydroxylation sites is 3. The number of alkyl halides is 2. The van der Waals surface area contributed by atoms with Gasteiger partial charge in [-0.1, -0.05) is 30.3 Å². The van der Waals surface area contributed by atoms with Gasteiger partial charge in [-0.2, -0.15) is 13.9 Å². The Labute approximate surface area is 146 Å². The number of halogens is 2. The normalized spacial score (nSPS) is 12.8. The van der Waals surface area contributed by atoms with Crippen LogP contribution in [0.3, 0.4) is 0 Å². The molecule has 0 aliphatic carbocycles. The standard InChI is InChI=1S/C18H15F2N5O/c1-10(16-22-13-8-4-5-9-14(13)25(16)18(19)20)21-17(26)15-11-6-2-3-7-12(11)23-24-15/h2-10,18H,1H3,(H,21,26)(H,23,24)/t10-/m1/s1. The number of nitrogens with zero attached hydrogens (tertiary/aromatic N) is 3. The highest BCUT2D eigenvalue weighted by Gasteiger charge is 2.24. The predicted molar refractivity (Wildman–Crippen MR) is 93.0 cm³/mol. The van der Waals surface area contributed by atoms with E-state index in [1.165, 1.54) is 0 Å². The molecule has 2 aromatic heterocycles. The maximum Gasteiger partial charge on any atom is 0.320 e. The summed E-state index contributed by atoms with van der Waals surface area (Å²) in [6.07, 6.45) is 0. The van der Waals surface area contributed by atoms with E-state index in [1.807, 2.05) is 6.07 Å². The summed E-state index contributed by atoms with van der Waals surface area (Å²) < 4.78 is 28.0. The minimum atomic E-state index is -2.76. The first kappa shape index (κ1) is 16.2. The Balaban J connectivity index is 1.68. The molecule has 26 heavy (non-hydrogen) atoms. The van der Waals surface area contributed by atoms with E-state index in [0.717, 1.165) is 10.1 Å². The first-order valence-electron chi connectivity index (χ1n) is 8.05. The van der Waals surface area contributed by atoms with Gasteiger partial charge in [-0.25, -0.2) is 4.98 Å². The van der Waals surface area contributed by atoms with Crippen molar-refractivity contribution >= 4 is 27.8 Å². The lowest BCUT2D eigenvalue weighted by Crippen LogP contribution is -2.29. The summed E-state index contributed by atoms with van der Waals surface area (Å²) in [5, 5.41) is 10.2. The molecule has 0 aliphatic rings. The fourth-order valence-corrected chi connectivity index (χ4v) is 3.04. The van der Waals surface area contributed by atoms with Crippen molar-refractivity contribution in [2.75, 3.05) is 0 Å². The van der Waals surface area contributed by atoms with E-state index >= 15 is 0 Å². The van der Waals surface area contributed by atoms with E-state index in [1.54, 1.807) is 49.4 Å². The second-order valence-electron chi connectivity index (χ2n) is 5.92. The third-order valence-corrected chi connectivity index (χ3v) is 4.24. The number of hydrogen-bond acceptors (Lipinski definition) is 3. The van der Waals surface area contributed by atoms with Crippen LogP contribution in [-0.2, 0) is 0 Å². The minimum absolute atomic E-state index is 0.0920. The van der Waals surface area contributed by atoms with Crippen LogP contribution >= 0.6 is 0 Å². The molecule has 0 bridgehead atoms. The molecule has 2 aromatic carbocycles. The van der Waals surface area contributed by atoms with Crippen molar-refractivity contribution in [2.24, 2.45) is 0 Å². The zero-order chi connectivity index (χ0) is 18.3. The average molecular weight is 355 g/mol. The van der Waals surface area contributed by atoms with E-state index in [-0.39, 0.29) is 11.5 Å². The van der Waals surface area contributed by atoms with E-state index in [2.05, 4.69) is 20.5 Å². The third-order valence-electron chi connectivity index (χ3n) is 4.24. The Morgan fingerprint density at radius 2 is 1.88 bits per heavy atom. The number of rotatable bonds is 4. The molecule has 2 N–H and O–H groups in total. The summed E-state index contributed by atoms with van der Waals surface area (Å²) in [5.74, 6) is -0.364. The molecule has 4 rings (SSSR count). The van der Waals surface area contributed by atoms with Gasteiger partial charge in [0.1, 0.15) is 5.82 Å². The van der Waals surface area contributed by atoms with Gasteiger partial charge in [-0.15, -0.1) is 0 Å². The molecule has 0 saturated carbocycles. The van der Waals surface area contributed by atoms with Crippen molar-refractivity contribution in [3.05, 3.63) is 60.0 Å². The Hall–Kier alpha value is -3.29. The van der Waals surface area contributed by atoms with Crippen LogP contribution in [0.4, 0.5) is 8.78 Å². The molecule has 0 fully saturated rings. The van der Waals surface area contributed by atoms with E-state index < -0.39 is 18.5 Å². The zero-order valence-corrected chi connectivity index (χ0v) is 13.8. The molecular formula is C18H15F2N5O. The molecule has 0 aliphatic heterocycles. The van der Waals surface area contributed by atoms with Crippen LogP contribution in [0, 0.1) is 0 Å². The number of imidazole rings is 1. The molecule has 1 atom stereocenters. The molecule has 2 heterocycles. The summed E-state index contributed by atoms with van der Waals surface area (Å²) in [6.45, 7) is -1.14. The molecule has 0 unspecified atom stereocenters. The van der Waals surface area contributed by atoms with Gasteiger partial charge in [-0.05, 0) is 25.1 Å². The first-order valence-corrected chi connectivity index (χ1v) is 8.05. The van der Waals surface area contributed by atoms with E-state index in [0.29, 0.717) is 16.4 Å². The summed E-state index contributed by atoms with van der Waals surface area (Å²) in [6, 6.07) is 13.1. The van der Waals surface area contributed by atoms with Crippen LogP contribution < -0.4 is 5.32 Å². The van der Waals surface area contributed by atoms with Crippen molar-refractivity contribution in [1.82, 2.24) is 25.1 Å². The summed E-state index contributed by atoms with van der Waals surface area (Å²) in [7, 11) is 0. The number of nitrogens with one attached hydrogen (secondary N) is 2. The molecule has 132 valence electrons. The molecule has 0 saturated heterocycles. The molecule has 6 nitrogen and oxygen atoms in total. The quantitative estimate of drug-likeness (QED) is 0.585. The number of carbonyl (C=O) groups is 1. The number of fused-ring (bicyclic) bond motifs is 2. The molecule has 8 heteroatoms. The van der Waals surface area contributed by atoms with Crippen LogP contribution in [0.15, 0.2) is 48.5 Å². The van der Waals surface area contributed by atoms with Gasteiger partial charge >= 0.3 is 6.55 Å². The highest BCUT2D eigenvalue weighted by atomic mass is 19.3. The zero-order valence-electron chi connectivity index (χ0n) is 13.8. The average Bonchev–Trinajstić information content (AvgIpc) is 3.23. The maximum atomic E-state index is 13.6. The van der Waals surface area contributed by atoms with Crippen LogP contribution in [0.1, 0.15) is 35.8 Å². The Bertz CT molecular complexity index is 1100. The monoisotopic (exact) mass is 355 g/mol. The van der Waals surface area contributed by atoms with Gasteiger partial charge in [0, 0.05) is 5.39 Å². The number of hydrogen-bond donors (Lipinski definition) is 2. The second-order valence-corrected chi connectivity index (χ2v) is 5.92. The van der Waals surface area contributed by atoms with Crippen molar-refractivity contribution < 1.29 is 13.6 Å². The van der Waals surface area contributed by atoms with E-state index in [9.17, 15) is 13.6 Å². The molecule has 0 spiro atoms. The molecule has 0 radical (unpaired) electrons. The van der Waals surface area contributed by atoms with Gasteiger partial charge in [0.05, 0.1) is 22.6 Å². The van der Waals surface area contributed by atoms with Gasteiger partial charge in [0.25, 0.3) is 5.91 Å². The third kappa shape index (κ3) is 2.59. The second kappa shape index (κ2) is 6.21. The highest BCUT2D eigenvalue weighted by Crippen LogP contribution is 2.27. The Kier molecular flexibility index (Phi) is 3.87. The van der Waals surface area contributed by atoms with Gasteiger partial charge < -0.3 is 5.32 Å². The number of benzene rings is 2. The van der Waals surface area contributed by atoms with Gasteiger partial charge in [0.2, 0.25) is 0 Å². The first-order chi connectivity index (χ1) is 12.6. The predicted octanol–water partition coefficient (Wildman–Crippen LogP) is 3.80. The van der Waals surface area contributed by atoms with Gasteiger partial charge in [0.15, 0.2) is 5.69 Å². The van der Waals surface area contributed by atoms with E-state index in [4.69, 9.17) is 0 Å². The molecule has 1 amide bonds. The van der Waals surface area contributed by atoms with Crippen molar-refractivity contribution in [3.8, 4) is 0 Å². The van der Waals surface area contributed by atoms with Crippen LogP contribution in [-0.4, -0.2) is 25.7 Å². The fraction of sp³-hybridized carbons (Fsp3) is 0.167. The van der Waals surface area contributed by atoms with Crippen molar-refractivity contribution in [1.29, 1.82) is 0 Å². The highest BCUT2D eigenvalue weighted by molar-refractivity contribution is 6.04. The molecular weight excluding hydrogens is 340 g/mol. The number of aromatic nitrogens is 4. The number of amides is 1. The maximum absolute atomic E-state index is 13.6. The number of aromatic amines is 1. The summed E-state index contributed by atoms with van der Waals surface area (Å²) >= 11 is 0.